The van der Waals surface area contributed by atoms with Gasteiger partial charge in [-0.1, -0.05) is 24.3 Å². The summed E-state index contributed by atoms with van der Waals surface area (Å²) in [5, 5.41) is 10.0. The average Bonchev–Trinajstić information content (AvgIpc) is 2.40. The summed E-state index contributed by atoms with van der Waals surface area (Å²) in [5.41, 5.74) is -1.63. The van der Waals surface area contributed by atoms with E-state index < -0.39 is 35.0 Å². The molecule has 1 atom stereocenters. The molecule has 0 saturated carbocycles. The largest absolute Gasteiger partial charge is 0.419 e. The fourth-order valence-corrected chi connectivity index (χ4v) is 2.00. The van der Waals surface area contributed by atoms with Gasteiger partial charge in [0.15, 0.2) is 0 Å². The lowest BCUT2D eigenvalue weighted by Gasteiger charge is -2.16. The van der Waals surface area contributed by atoms with E-state index in [1.165, 1.54) is 19.1 Å². The summed E-state index contributed by atoms with van der Waals surface area (Å²) in [6.07, 6.45) is -6.45. The molecule has 1 N–H and O–H groups in total. The normalized spacial score (nSPS) is 13.3. The number of benzene rings is 2. The highest BCUT2D eigenvalue weighted by Gasteiger charge is 2.35. The van der Waals surface area contributed by atoms with Crippen molar-refractivity contribution < 1.29 is 27.1 Å². The Balaban J connectivity index is 2.48. The summed E-state index contributed by atoms with van der Waals surface area (Å²) in [6, 6.07) is 6.21. The second kappa shape index (κ2) is 5.44. The van der Waals surface area contributed by atoms with Crippen molar-refractivity contribution >= 4 is 0 Å². The molecule has 0 bridgehead atoms. The highest BCUT2D eigenvalue weighted by Crippen LogP contribution is 2.35. The van der Waals surface area contributed by atoms with Crippen LogP contribution in [-0.2, 0) is 6.18 Å². The Morgan fingerprint density at radius 3 is 2.29 bits per heavy atom. The van der Waals surface area contributed by atoms with Gasteiger partial charge in [0.05, 0.1) is 5.56 Å². The maximum Gasteiger partial charge on any atom is 0.419 e. The number of aliphatic hydroxyl groups is 1. The summed E-state index contributed by atoms with van der Waals surface area (Å²) in [6.45, 7) is 1.44. The van der Waals surface area contributed by atoms with Crippen LogP contribution in [0.2, 0.25) is 0 Å². The molecule has 0 saturated heterocycles. The van der Waals surface area contributed by atoms with Crippen molar-refractivity contribution in [2.75, 3.05) is 0 Å². The lowest BCUT2D eigenvalue weighted by Crippen LogP contribution is -2.12. The molecular weight excluding hydrogens is 291 g/mol. The Morgan fingerprint density at radius 1 is 1.05 bits per heavy atom. The highest BCUT2D eigenvalue weighted by atomic mass is 19.4. The second-order valence-electron chi connectivity index (χ2n) is 4.62. The summed E-state index contributed by atoms with van der Waals surface area (Å²) in [4.78, 5) is 0. The van der Waals surface area contributed by atoms with Crippen LogP contribution in [0.25, 0.3) is 0 Å². The van der Waals surface area contributed by atoms with Crippen LogP contribution < -0.4 is 0 Å². The van der Waals surface area contributed by atoms with Crippen molar-refractivity contribution in [2.24, 2.45) is 0 Å². The van der Waals surface area contributed by atoms with Crippen LogP contribution in [0.4, 0.5) is 22.0 Å². The van der Waals surface area contributed by atoms with Gasteiger partial charge in [0.2, 0.25) is 0 Å². The van der Waals surface area contributed by atoms with E-state index in [1.807, 2.05) is 0 Å². The molecule has 112 valence electrons. The van der Waals surface area contributed by atoms with Gasteiger partial charge in [0.25, 0.3) is 0 Å². The van der Waals surface area contributed by atoms with Crippen LogP contribution in [0.15, 0.2) is 36.4 Å². The van der Waals surface area contributed by atoms with Gasteiger partial charge in [0.1, 0.15) is 17.7 Å². The quantitative estimate of drug-likeness (QED) is 0.817. The number of rotatable bonds is 2. The first-order valence-corrected chi connectivity index (χ1v) is 6.01. The van der Waals surface area contributed by atoms with E-state index in [2.05, 4.69) is 0 Å². The molecule has 2 rings (SSSR count). The van der Waals surface area contributed by atoms with Gasteiger partial charge in [0, 0.05) is 5.56 Å². The summed E-state index contributed by atoms with van der Waals surface area (Å²) >= 11 is 0. The predicted octanol–water partition coefficient (Wildman–Crippen LogP) is 4.37. The van der Waals surface area contributed by atoms with Gasteiger partial charge in [-0.05, 0) is 30.2 Å². The minimum absolute atomic E-state index is 0.118. The Labute approximate surface area is 117 Å². The number of aliphatic hydroxyl groups excluding tert-OH is 1. The maximum atomic E-state index is 13.9. The minimum Gasteiger partial charge on any atom is -0.384 e. The van der Waals surface area contributed by atoms with Crippen molar-refractivity contribution in [3.63, 3.8) is 0 Å². The molecule has 0 amide bonds. The fraction of sp³-hybridized carbons (Fsp3) is 0.200. The number of halogens is 5. The topological polar surface area (TPSA) is 20.2 Å². The average molecular weight is 302 g/mol. The standard InChI is InChI=1S/C15H11F5O/c1-8-7-9(5-6-12(8)16)14(21)10-3-2-4-11(13(10)17)15(18,19)20/h2-7,14,21H,1H3. The summed E-state index contributed by atoms with van der Waals surface area (Å²) < 4.78 is 65.0. The van der Waals surface area contributed by atoms with Crippen LogP contribution in [0.5, 0.6) is 0 Å². The van der Waals surface area contributed by atoms with Gasteiger partial charge >= 0.3 is 6.18 Å². The molecule has 0 radical (unpaired) electrons. The minimum atomic E-state index is -4.85. The molecule has 0 aliphatic carbocycles. The van der Waals surface area contributed by atoms with Gasteiger partial charge in [-0.15, -0.1) is 0 Å². The number of hydrogen-bond donors (Lipinski definition) is 1. The first-order valence-electron chi connectivity index (χ1n) is 6.01. The van der Waals surface area contributed by atoms with Gasteiger partial charge < -0.3 is 5.11 Å². The van der Waals surface area contributed by atoms with E-state index in [1.54, 1.807) is 0 Å². The van der Waals surface area contributed by atoms with Crippen LogP contribution in [0, 0.1) is 18.6 Å². The zero-order valence-electron chi connectivity index (χ0n) is 10.9. The lowest BCUT2D eigenvalue weighted by molar-refractivity contribution is -0.140. The Bertz CT molecular complexity index is 664. The lowest BCUT2D eigenvalue weighted by atomic mass is 9.97. The van der Waals surface area contributed by atoms with Crippen molar-refractivity contribution in [2.45, 2.75) is 19.2 Å². The van der Waals surface area contributed by atoms with Crippen molar-refractivity contribution in [1.29, 1.82) is 0 Å². The highest BCUT2D eigenvalue weighted by molar-refractivity contribution is 5.36. The predicted molar refractivity (Wildman–Crippen MR) is 66.6 cm³/mol. The molecule has 0 aromatic heterocycles. The Hall–Kier alpha value is -1.95. The third-order valence-corrected chi connectivity index (χ3v) is 3.13. The number of aryl methyl sites for hydroxylation is 1. The smallest absolute Gasteiger partial charge is 0.384 e. The molecule has 6 heteroatoms. The summed E-state index contributed by atoms with van der Waals surface area (Å²) in [7, 11) is 0. The first-order chi connectivity index (χ1) is 9.71. The number of hydrogen-bond acceptors (Lipinski definition) is 1. The van der Waals surface area contributed by atoms with Crippen LogP contribution in [0.1, 0.15) is 28.4 Å². The third kappa shape index (κ3) is 3.05. The molecule has 21 heavy (non-hydrogen) atoms. The fourth-order valence-electron chi connectivity index (χ4n) is 2.00. The second-order valence-corrected chi connectivity index (χ2v) is 4.62. The molecule has 0 spiro atoms. The molecular formula is C15H11F5O. The molecule has 0 aliphatic rings. The molecule has 0 heterocycles. The van der Waals surface area contributed by atoms with E-state index >= 15 is 0 Å². The molecule has 0 aliphatic heterocycles. The first kappa shape index (κ1) is 15.4. The van der Waals surface area contributed by atoms with E-state index in [4.69, 9.17) is 0 Å². The van der Waals surface area contributed by atoms with Crippen molar-refractivity contribution in [1.82, 2.24) is 0 Å². The monoisotopic (exact) mass is 302 g/mol. The van der Waals surface area contributed by atoms with Crippen LogP contribution in [-0.4, -0.2) is 5.11 Å². The van der Waals surface area contributed by atoms with Crippen molar-refractivity contribution in [3.8, 4) is 0 Å². The summed E-state index contributed by atoms with van der Waals surface area (Å²) in [5.74, 6) is -2.05. The van der Waals surface area contributed by atoms with E-state index in [9.17, 15) is 27.1 Å². The van der Waals surface area contributed by atoms with Crippen LogP contribution in [0.3, 0.4) is 0 Å². The Kier molecular flexibility index (Phi) is 4.00. The van der Waals surface area contributed by atoms with E-state index in [0.29, 0.717) is 6.07 Å². The van der Waals surface area contributed by atoms with Crippen LogP contribution >= 0.6 is 0 Å². The van der Waals surface area contributed by atoms with Gasteiger partial charge in [-0.3, -0.25) is 0 Å². The zero-order valence-corrected chi connectivity index (χ0v) is 10.9. The molecule has 1 nitrogen and oxygen atoms in total. The number of alkyl halides is 3. The molecule has 1 unspecified atom stereocenters. The maximum absolute atomic E-state index is 13.9. The zero-order chi connectivity index (χ0) is 15.8. The molecule has 2 aromatic carbocycles. The Morgan fingerprint density at radius 2 is 1.71 bits per heavy atom. The van der Waals surface area contributed by atoms with Gasteiger partial charge in [-0.25, -0.2) is 8.78 Å². The van der Waals surface area contributed by atoms with Gasteiger partial charge in [-0.2, -0.15) is 13.2 Å². The van der Waals surface area contributed by atoms with Crippen molar-refractivity contribution in [3.05, 3.63) is 70.3 Å². The third-order valence-electron chi connectivity index (χ3n) is 3.13. The SMILES string of the molecule is Cc1cc(C(O)c2cccc(C(F)(F)F)c2F)ccc1F. The molecule has 2 aromatic rings. The van der Waals surface area contributed by atoms with E-state index in [-0.39, 0.29) is 11.1 Å². The molecule has 0 fully saturated rings. The van der Waals surface area contributed by atoms with E-state index in [0.717, 1.165) is 18.2 Å².